The van der Waals surface area contributed by atoms with Gasteiger partial charge in [-0.2, -0.15) is 0 Å². The number of hydrogen-bond donors (Lipinski definition) is 2. The fraction of sp³-hybridized carbons (Fsp3) is 0.667. The molecule has 0 aromatic heterocycles. The second-order valence-corrected chi connectivity index (χ2v) is 8.01. The second-order valence-electron chi connectivity index (χ2n) is 8.01. The van der Waals surface area contributed by atoms with Crippen molar-refractivity contribution < 1.29 is 9.13 Å². The lowest BCUT2D eigenvalue weighted by molar-refractivity contribution is -0.0679. The highest BCUT2D eigenvalue weighted by Crippen LogP contribution is 2.47. The van der Waals surface area contributed by atoms with Gasteiger partial charge in [-0.1, -0.05) is 12.1 Å². The highest BCUT2D eigenvalue weighted by atomic mass is 127. The fourth-order valence-corrected chi connectivity index (χ4v) is 3.99. The van der Waals surface area contributed by atoms with Gasteiger partial charge < -0.3 is 15.4 Å². The molecule has 0 bridgehead atoms. The molecule has 1 aliphatic carbocycles. The maximum absolute atomic E-state index is 13.5. The number of aliphatic imine (C=N–C) groups is 1. The number of halogens is 2. The highest BCUT2D eigenvalue weighted by molar-refractivity contribution is 14.0. The van der Waals surface area contributed by atoms with Gasteiger partial charge in [-0.3, -0.25) is 9.89 Å². The van der Waals surface area contributed by atoms with Crippen molar-refractivity contribution >= 4 is 29.9 Å². The van der Waals surface area contributed by atoms with Crippen molar-refractivity contribution in [2.24, 2.45) is 4.99 Å². The number of benzene rings is 1. The van der Waals surface area contributed by atoms with E-state index in [9.17, 15) is 4.39 Å². The molecule has 7 heteroatoms. The number of guanidine groups is 1. The largest absolute Gasteiger partial charge is 0.373 e. The Kier molecular flexibility index (Phi) is 8.95. The zero-order valence-corrected chi connectivity index (χ0v) is 19.5. The van der Waals surface area contributed by atoms with Crippen LogP contribution in [0, 0.1) is 5.82 Å². The van der Waals surface area contributed by atoms with Gasteiger partial charge in [0, 0.05) is 45.2 Å². The first-order valence-corrected chi connectivity index (χ1v) is 10.1. The third-order valence-corrected chi connectivity index (χ3v) is 5.55. The Bertz CT molecular complexity index is 643. The third kappa shape index (κ3) is 6.56. The van der Waals surface area contributed by atoms with Gasteiger partial charge in [0.1, 0.15) is 5.82 Å². The van der Waals surface area contributed by atoms with Gasteiger partial charge in [0.05, 0.1) is 12.2 Å². The molecule has 2 fully saturated rings. The average Bonchev–Trinajstić information content (AvgIpc) is 3.41. The molecule has 2 unspecified atom stereocenters. The minimum Gasteiger partial charge on any atom is -0.373 e. The number of nitrogens with zero attached hydrogens (tertiary/aromatic N) is 2. The summed E-state index contributed by atoms with van der Waals surface area (Å²) >= 11 is 0. The minimum absolute atomic E-state index is 0. The molecule has 1 saturated carbocycles. The van der Waals surface area contributed by atoms with Crippen LogP contribution in [0.2, 0.25) is 0 Å². The topological polar surface area (TPSA) is 48.9 Å². The zero-order chi connectivity index (χ0) is 19.3. The first kappa shape index (κ1) is 23.3. The molecular formula is C21H34FIN4O. The molecule has 1 aromatic carbocycles. The Labute approximate surface area is 185 Å². The Morgan fingerprint density at radius 1 is 1.25 bits per heavy atom. The first-order valence-electron chi connectivity index (χ1n) is 10.1. The summed E-state index contributed by atoms with van der Waals surface area (Å²) in [4.78, 5) is 6.80. The first-order chi connectivity index (χ1) is 13.0. The van der Waals surface area contributed by atoms with Gasteiger partial charge >= 0.3 is 0 Å². The van der Waals surface area contributed by atoms with Crippen LogP contribution in [-0.2, 0) is 10.2 Å². The lowest BCUT2D eigenvalue weighted by atomic mass is 9.96. The number of hydrogen-bond acceptors (Lipinski definition) is 3. The van der Waals surface area contributed by atoms with Crippen molar-refractivity contribution in [3.63, 3.8) is 0 Å². The molecule has 1 aliphatic heterocycles. The quantitative estimate of drug-likeness (QED) is 0.259. The van der Waals surface area contributed by atoms with Crippen LogP contribution in [-0.4, -0.2) is 62.8 Å². The molecule has 2 aliphatic rings. The summed E-state index contributed by atoms with van der Waals surface area (Å²) in [5, 5.41) is 6.83. The van der Waals surface area contributed by atoms with Crippen LogP contribution in [0.4, 0.5) is 4.39 Å². The number of nitrogens with one attached hydrogen (secondary N) is 2. The molecule has 3 rings (SSSR count). The van der Waals surface area contributed by atoms with Crippen molar-refractivity contribution in [1.29, 1.82) is 0 Å². The van der Waals surface area contributed by atoms with E-state index >= 15 is 0 Å². The van der Waals surface area contributed by atoms with Crippen LogP contribution in [0.15, 0.2) is 29.3 Å². The van der Waals surface area contributed by atoms with Gasteiger partial charge in [0.25, 0.3) is 0 Å². The van der Waals surface area contributed by atoms with Gasteiger partial charge in [0.2, 0.25) is 0 Å². The zero-order valence-electron chi connectivity index (χ0n) is 17.2. The van der Waals surface area contributed by atoms with E-state index in [1.54, 1.807) is 19.2 Å². The summed E-state index contributed by atoms with van der Waals surface area (Å²) in [6.45, 7) is 9.02. The van der Waals surface area contributed by atoms with E-state index < -0.39 is 0 Å². The maximum Gasteiger partial charge on any atom is 0.191 e. The van der Waals surface area contributed by atoms with Gasteiger partial charge in [0.15, 0.2) is 5.96 Å². The Morgan fingerprint density at radius 2 is 1.96 bits per heavy atom. The van der Waals surface area contributed by atoms with Crippen LogP contribution >= 0.6 is 24.0 Å². The van der Waals surface area contributed by atoms with Crippen molar-refractivity contribution in [2.45, 2.75) is 50.7 Å². The predicted octanol–water partition coefficient (Wildman–Crippen LogP) is 3.14. The van der Waals surface area contributed by atoms with Crippen LogP contribution in [0.5, 0.6) is 0 Å². The SMILES string of the molecule is CN=C(NCCCN1CC(C)OC(C)C1)NCC1(c2cccc(F)c2)CC1.I. The third-order valence-electron chi connectivity index (χ3n) is 5.55. The molecule has 1 saturated heterocycles. The molecule has 2 N–H and O–H groups in total. The number of rotatable bonds is 7. The minimum atomic E-state index is -0.159. The summed E-state index contributed by atoms with van der Waals surface area (Å²) in [6.07, 6.45) is 3.87. The fourth-order valence-electron chi connectivity index (χ4n) is 3.99. The Morgan fingerprint density at radius 3 is 2.57 bits per heavy atom. The van der Waals surface area contributed by atoms with Crippen LogP contribution in [0.1, 0.15) is 38.7 Å². The maximum atomic E-state index is 13.5. The summed E-state index contributed by atoms with van der Waals surface area (Å²) in [5.74, 6) is 0.662. The van der Waals surface area contributed by atoms with Crippen LogP contribution in [0.3, 0.4) is 0 Å². The van der Waals surface area contributed by atoms with Crippen LogP contribution < -0.4 is 10.6 Å². The van der Waals surface area contributed by atoms with Gasteiger partial charge in [-0.25, -0.2) is 4.39 Å². The molecule has 1 heterocycles. The standard InChI is InChI=1S/C21H33FN4O.HI/c1-16-13-26(14-17(2)27-16)11-5-10-24-20(23-3)25-15-21(8-9-21)18-6-4-7-19(22)12-18;/h4,6-7,12,16-17H,5,8-11,13-15H2,1-3H3,(H2,23,24,25);1H. The van der Waals surface area contributed by atoms with E-state index in [2.05, 4.69) is 34.4 Å². The van der Waals surface area contributed by atoms with Gasteiger partial charge in [-0.15, -0.1) is 24.0 Å². The highest BCUT2D eigenvalue weighted by Gasteiger charge is 2.44. The van der Waals surface area contributed by atoms with Crippen LogP contribution in [0.25, 0.3) is 0 Å². The Hall–Kier alpha value is -0.930. The van der Waals surface area contributed by atoms with Crippen molar-refractivity contribution in [3.05, 3.63) is 35.6 Å². The average molecular weight is 504 g/mol. The van der Waals surface area contributed by atoms with E-state index in [1.807, 2.05) is 6.07 Å². The second kappa shape index (κ2) is 10.7. The molecule has 0 radical (unpaired) electrons. The van der Waals surface area contributed by atoms with Crippen molar-refractivity contribution in [2.75, 3.05) is 39.8 Å². The lowest BCUT2D eigenvalue weighted by Crippen LogP contribution is -2.46. The van der Waals surface area contributed by atoms with E-state index in [4.69, 9.17) is 4.74 Å². The Balaban J connectivity index is 0.00000280. The summed E-state index contributed by atoms with van der Waals surface area (Å²) in [5.41, 5.74) is 1.14. The smallest absolute Gasteiger partial charge is 0.191 e. The normalized spacial score (nSPS) is 24.4. The number of ether oxygens (including phenoxy) is 1. The van der Waals surface area contributed by atoms with E-state index in [0.29, 0.717) is 12.2 Å². The molecule has 2 atom stereocenters. The van der Waals surface area contributed by atoms with Crippen molar-refractivity contribution in [3.8, 4) is 0 Å². The molecule has 5 nitrogen and oxygen atoms in total. The van der Waals surface area contributed by atoms with E-state index in [-0.39, 0.29) is 35.2 Å². The molecule has 158 valence electrons. The number of morpholine rings is 1. The lowest BCUT2D eigenvalue weighted by Gasteiger charge is -2.35. The van der Waals surface area contributed by atoms with Crippen molar-refractivity contribution in [1.82, 2.24) is 15.5 Å². The summed E-state index contributed by atoms with van der Waals surface area (Å²) < 4.78 is 19.3. The molecule has 0 amide bonds. The molecule has 28 heavy (non-hydrogen) atoms. The van der Waals surface area contributed by atoms with Gasteiger partial charge in [-0.05, 0) is 50.8 Å². The van der Waals surface area contributed by atoms with E-state index in [0.717, 1.165) is 63.5 Å². The predicted molar refractivity (Wildman–Crippen MR) is 123 cm³/mol. The monoisotopic (exact) mass is 504 g/mol. The molecule has 1 aromatic rings. The summed E-state index contributed by atoms with van der Waals surface area (Å²) in [6, 6.07) is 6.99. The van der Waals surface area contributed by atoms with E-state index in [1.165, 1.54) is 6.07 Å². The summed E-state index contributed by atoms with van der Waals surface area (Å²) in [7, 11) is 1.79. The molecule has 0 spiro atoms. The molecular weight excluding hydrogens is 470 g/mol.